The van der Waals surface area contributed by atoms with E-state index in [1.165, 1.54) is 11.3 Å². The monoisotopic (exact) mass is 312 g/mol. The first-order valence-electron chi connectivity index (χ1n) is 4.76. The van der Waals surface area contributed by atoms with Crippen LogP contribution in [-0.4, -0.2) is 15.9 Å². The van der Waals surface area contributed by atoms with E-state index in [9.17, 15) is 4.79 Å². The van der Waals surface area contributed by atoms with E-state index in [1.807, 2.05) is 0 Å². The smallest absolute Gasteiger partial charge is 0.275 e. The summed E-state index contributed by atoms with van der Waals surface area (Å²) in [7, 11) is 0. The molecule has 1 amide bonds. The molecule has 0 saturated heterocycles. The lowest BCUT2D eigenvalue weighted by Gasteiger charge is -2.01. The van der Waals surface area contributed by atoms with Crippen LogP contribution in [0.5, 0.6) is 0 Å². The zero-order chi connectivity index (χ0) is 12.3. The lowest BCUT2D eigenvalue weighted by atomic mass is 10.4. The molecule has 0 fully saturated rings. The van der Waals surface area contributed by atoms with Crippen molar-refractivity contribution in [3.8, 4) is 0 Å². The van der Waals surface area contributed by atoms with Crippen molar-refractivity contribution in [1.82, 2.24) is 9.97 Å². The number of halogens is 1. The van der Waals surface area contributed by atoms with Gasteiger partial charge >= 0.3 is 0 Å². The molecule has 2 aromatic heterocycles. The summed E-state index contributed by atoms with van der Waals surface area (Å²) in [5.41, 5.74) is 6.43. The number of nitrogens with one attached hydrogen (secondary N) is 1. The minimum atomic E-state index is -0.259. The van der Waals surface area contributed by atoms with Crippen molar-refractivity contribution in [2.24, 2.45) is 5.73 Å². The van der Waals surface area contributed by atoms with Gasteiger partial charge in [-0.25, -0.2) is 9.97 Å². The number of carbonyl (C=O) groups is 1. The molecule has 3 N–H and O–H groups in total. The van der Waals surface area contributed by atoms with Crippen LogP contribution < -0.4 is 11.1 Å². The van der Waals surface area contributed by atoms with Crippen LogP contribution in [0.15, 0.2) is 28.3 Å². The van der Waals surface area contributed by atoms with E-state index in [-0.39, 0.29) is 5.91 Å². The molecule has 0 unspecified atom stereocenters. The number of amides is 1. The van der Waals surface area contributed by atoms with Gasteiger partial charge in [0.05, 0.1) is 11.9 Å². The van der Waals surface area contributed by atoms with Crippen LogP contribution in [0.25, 0.3) is 0 Å². The van der Waals surface area contributed by atoms with Gasteiger partial charge < -0.3 is 11.1 Å². The number of rotatable bonds is 3. The highest BCUT2D eigenvalue weighted by molar-refractivity contribution is 9.10. The number of hydrogen-bond acceptors (Lipinski definition) is 5. The van der Waals surface area contributed by atoms with Gasteiger partial charge in [-0.3, -0.25) is 4.79 Å². The van der Waals surface area contributed by atoms with Gasteiger partial charge in [0.15, 0.2) is 0 Å². The van der Waals surface area contributed by atoms with Crippen LogP contribution in [-0.2, 0) is 6.54 Å². The molecule has 0 aliphatic rings. The molecule has 0 bridgehead atoms. The van der Waals surface area contributed by atoms with Crippen molar-refractivity contribution in [2.75, 3.05) is 5.32 Å². The molecule has 7 heteroatoms. The second-order valence-corrected chi connectivity index (χ2v) is 4.91. The average Bonchev–Trinajstić information content (AvgIpc) is 2.81. The minimum Gasteiger partial charge on any atom is -0.325 e. The molecule has 5 nitrogen and oxygen atoms in total. The van der Waals surface area contributed by atoms with Crippen molar-refractivity contribution in [3.05, 3.63) is 39.0 Å². The summed E-state index contributed by atoms with van der Waals surface area (Å²) < 4.78 is 0.717. The first kappa shape index (κ1) is 12.2. The largest absolute Gasteiger partial charge is 0.325 e. The number of hydrogen-bond donors (Lipinski definition) is 2. The van der Waals surface area contributed by atoms with E-state index < -0.39 is 0 Å². The molecule has 88 valence electrons. The number of anilines is 1. The highest BCUT2D eigenvalue weighted by Crippen LogP contribution is 2.13. The number of aromatic nitrogens is 2. The molecule has 0 saturated carbocycles. The summed E-state index contributed by atoms with van der Waals surface area (Å²) in [6, 6.07) is 3.51. The predicted molar refractivity (Wildman–Crippen MR) is 69.9 cm³/mol. The molecule has 0 aromatic carbocycles. The number of thiazole rings is 1. The SMILES string of the molecule is NCc1nc(C(=O)Nc2ccc(Br)nc2)cs1. The maximum atomic E-state index is 11.8. The molecular formula is C10H9BrN4OS. The van der Waals surface area contributed by atoms with Gasteiger partial charge in [-0.05, 0) is 28.1 Å². The van der Waals surface area contributed by atoms with Gasteiger partial charge in [0.2, 0.25) is 0 Å². The normalized spacial score (nSPS) is 10.2. The van der Waals surface area contributed by atoms with Crippen LogP contribution in [0.4, 0.5) is 5.69 Å². The van der Waals surface area contributed by atoms with Crippen molar-refractivity contribution >= 4 is 38.9 Å². The summed E-state index contributed by atoms with van der Waals surface area (Å²) >= 11 is 4.59. The number of carbonyl (C=O) groups excluding carboxylic acids is 1. The number of pyridine rings is 1. The fourth-order valence-corrected chi connectivity index (χ4v) is 2.04. The summed E-state index contributed by atoms with van der Waals surface area (Å²) in [6.07, 6.45) is 1.57. The van der Waals surface area contributed by atoms with Crippen LogP contribution in [0.3, 0.4) is 0 Å². The Morgan fingerprint density at radius 1 is 1.53 bits per heavy atom. The lowest BCUT2D eigenvalue weighted by molar-refractivity contribution is 0.102. The Hall–Kier alpha value is -1.31. The second kappa shape index (κ2) is 5.35. The van der Waals surface area contributed by atoms with Crippen molar-refractivity contribution in [2.45, 2.75) is 6.54 Å². The Labute approximate surface area is 110 Å². The summed E-state index contributed by atoms with van der Waals surface area (Å²) in [6.45, 7) is 0.345. The van der Waals surface area contributed by atoms with Crippen molar-refractivity contribution in [3.63, 3.8) is 0 Å². The predicted octanol–water partition coefficient (Wildman–Crippen LogP) is 2.01. The Bertz CT molecular complexity index is 525. The fraction of sp³-hybridized carbons (Fsp3) is 0.100. The van der Waals surface area contributed by atoms with E-state index in [1.54, 1.807) is 23.7 Å². The third-order valence-electron chi connectivity index (χ3n) is 1.94. The van der Waals surface area contributed by atoms with E-state index in [0.717, 1.165) is 9.61 Å². The molecule has 0 atom stereocenters. The van der Waals surface area contributed by atoms with Gasteiger partial charge in [-0.2, -0.15) is 0 Å². The topological polar surface area (TPSA) is 80.9 Å². The zero-order valence-corrected chi connectivity index (χ0v) is 11.1. The molecule has 2 heterocycles. The Morgan fingerprint density at radius 2 is 2.35 bits per heavy atom. The second-order valence-electron chi connectivity index (χ2n) is 3.15. The van der Waals surface area contributed by atoms with Crippen LogP contribution in [0.2, 0.25) is 0 Å². The molecule has 0 aliphatic carbocycles. The third kappa shape index (κ3) is 3.09. The van der Waals surface area contributed by atoms with Gasteiger partial charge in [-0.15, -0.1) is 11.3 Å². The highest BCUT2D eigenvalue weighted by atomic mass is 79.9. The van der Waals surface area contributed by atoms with Gasteiger partial charge in [-0.1, -0.05) is 0 Å². The highest BCUT2D eigenvalue weighted by Gasteiger charge is 2.10. The number of nitrogens with two attached hydrogens (primary N) is 1. The van der Waals surface area contributed by atoms with E-state index in [2.05, 4.69) is 31.2 Å². The first-order chi connectivity index (χ1) is 8.19. The molecule has 0 radical (unpaired) electrons. The van der Waals surface area contributed by atoms with Gasteiger partial charge in [0.25, 0.3) is 5.91 Å². The minimum absolute atomic E-state index is 0.259. The molecule has 0 spiro atoms. The van der Waals surface area contributed by atoms with Crippen LogP contribution >= 0.6 is 27.3 Å². The first-order valence-corrected chi connectivity index (χ1v) is 6.43. The zero-order valence-electron chi connectivity index (χ0n) is 8.68. The quantitative estimate of drug-likeness (QED) is 0.850. The fourth-order valence-electron chi connectivity index (χ4n) is 1.15. The molecule has 17 heavy (non-hydrogen) atoms. The standard InChI is InChI=1S/C10H9BrN4OS/c11-8-2-1-6(4-13-8)14-10(16)7-5-17-9(3-12)15-7/h1-2,4-5H,3,12H2,(H,14,16). The Morgan fingerprint density at radius 3 is 2.94 bits per heavy atom. The Kier molecular flexibility index (Phi) is 3.82. The summed E-state index contributed by atoms with van der Waals surface area (Å²) in [5.74, 6) is -0.259. The molecule has 2 aromatic rings. The molecular weight excluding hydrogens is 304 g/mol. The third-order valence-corrected chi connectivity index (χ3v) is 3.28. The van der Waals surface area contributed by atoms with Crippen LogP contribution in [0.1, 0.15) is 15.5 Å². The van der Waals surface area contributed by atoms with Crippen LogP contribution in [0, 0.1) is 0 Å². The van der Waals surface area contributed by atoms with Crippen molar-refractivity contribution in [1.29, 1.82) is 0 Å². The van der Waals surface area contributed by atoms with E-state index in [4.69, 9.17) is 5.73 Å². The van der Waals surface area contributed by atoms with Crippen molar-refractivity contribution < 1.29 is 4.79 Å². The molecule has 2 rings (SSSR count). The average molecular weight is 313 g/mol. The van der Waals surface area contributed by atoms with E-state index >= 15 is 0 Å². The maximum absolute atomic E-state index is 11.8. The summed E-state index contributed by atoms with van der Waals surface area (Å²) in [4.78, 5) is 19.9. The molecule has 0 aliphatic heterocycles. The number of nitrogens with zero attached hydrogens (tertiary/aromatic N) is 2. The maximum Gasteiger partial charge on any atom is 0.275 e. The summed E-state index contributed by atoms with van der Waals surface area (Å²) in [5, 5.41) is 5.13. The Balaban J connectivity index is 2.08. The van der Waals surface area contributed by atoms with Gasteiger partial charge in [0.1, 0.15) is 15.3 Å². The lowest BCUT2D eigenvalue weighted by Crippen LogP contribution is -2.12. The van der Waals surface area contributed by atoms with Gasteiger partial charge in [0, 0.05) is 11.9 Å². The van der Waals surface area contributed by atoms with E-state index in [0.29, 0.717) is 17.9 Å².